The maximum atomic E-state index is 11.2. The summed E-state index contributed by atoms with van der Waals surface area (Å²) >= 11 is 0. The molecule has 0 unspecified atom stereocenters. The summed E-state index contributed by atoms with van der Waals surface area (Å²) in [4.78, 5) is 44.2. The topological polar surface area (TPSA) is 131 Å². The van der Waals surface area contributed by atoms with E-state index in [4.69, 9.17) is 10.5 Å². The van der Waals surface area contributed by atoms with Crippen LogP contribution in [-0.4, -0.2) is 54.3 Å². The molecule has 0 aromatic rings. The van der Waals surface area contributed by atoms with E-state index in [0.29, 0.717) is 6.42 Å². The van der Waals surface area contributed by atoms with E-state index in [-0.39, 0.29) is 36.3 Å². The minimum Gasteiger partial charge on any atom is -0.376 e. The zero-order chi connectivity index (χ0) is 22.9. The van der Waals surface area contributed by atoms with Gasteiger partial charge in [0, 0.05) is 45.2 Å². The number of nitrogens with one attached hydrogen (secondary N) is 2. The lowest BCUT2D eigenvalue weighted by molar-refractivity contribution is -0.137. The molecule has 0 aliphatic carbocycles. The van der Waals surface area contributed by atoms with E-state index in [9.17, 15) is 19.2 Å². The Balaban J connectivity index is 0. The Kier molecular flexibility index (Phi) is 16.6. The Morgan fingerprint density at radius 3 is 2.14 bits per heavy atom. The zero-order valence-corrected chi connectivity index (χ0v) is 18.7. The van der Waals surface area contributed by atoms with E-state index >= 15 is 0 Å². The predicted molar refractivity (Wildman–Crippen MR) is 112 cm³/mol. The SMILES string of the molecule is CC.CCCCOC(C)(C)CCC(=O)NNC.NC(=O)CCN1C(=O)C=CC1=O. The molecule has 0 fully saturated rings. The van der Waals surface area contributed by atoms with Gasteiger partial charge >= 0.3 is 0 Å². The summed E-state index contributed by atoms with van der Waals surface area (Å²) in [7, 11) is 1.68. The van der Waals surface area contributed by atoms with Crippen LogP contribution in [-0.2, 0) is 23.9 Å². The molecule has 0 saturated carbocycles. The standard InChI is InChI=1S/C11H24N2O2.C7H8N2O3.C2H6/c1-5-6-9-15-11(2,3)8-7-10(14)13-12-4;8-5(10)3-4-9-6(11)1-2-7(9)12;1-2/h12H,5-9H2,1-4H3,(H,13,14);1-2H,3-4H2,(H2,8,10);1-2H3. The van der Waals surface area contributed by atoms with Gasteiger partial charge in [-0.3, -0.25) is 29.5 Å². The van der Waals surface area contributed by atoms with E-state index < -0.39 is 5.91 Å². The second kappa shape index (κ2) is 16.7. The molecule has 1 aliphatic heterocycles. The first-order valence-electron chi connectivity index (χ1n) is 10.0. The van der Waals surface area contributed by atoms with Crippen molar-refractivity contribution in [2.45, 2.75) is 72.3 Å². The fourth-order valence-corrected chi connectivity index (χ4v) is 2.05. The van der Waals surface area contributed by atoms with Gasteiger partial charge in [-0.2, -0.15) is 0 Å². The number of carbonyl (C=O) groups is 4. The summed E-state index contributed by atoms with van der Waals surface area (Å²) < 4.78 is 5.70. The van der Waals surface area contributed by atoms with Crippen LogP contribution in [0, 0.1) is 0 Å². The molecule has 168 valence electrons. The number of hydrogen-bond acceptors (Lipinski definition) is 6. The average Bonchev–Trinajstić information content (AvgIpc) is 2.99. The Bertz CT molecular complexity index is 529. The van der Waals surface area contributed by atoms with Crippen LogP contribution in [0.3, 0.4) is 0 Å². The lowest BCUT2D eigenvalue weighted by atomic mass is 10.0. The molecule has 0 atom stereocenters. The van der Waals surface area contributed by atoms with Crippen LogP contribution in [0.25, 0.3) is 0 Å². The second-order valence-electron chi connectivity index (χ2n) is 6.64. The number of nitrogens with two attached hydrogens (primary N) is 1. The molecule has 1 aliphatic rings. The number of unbranched alkanes of at least 4 members (excludes halogenated alkanes) is 1. The van der Waals surface area contributed by atoms with Crippen molar-refractivity contribution in [3.05, 3.63) is 12.2 Å². The molecule has 1 heterocycles. The Morgan fingerprint density at radius 1 is 1.14 bits per heavy atom. The van der Waals surface area contributed by atoms with Crippen LogP contribution in [0.15, 0.2) is 12.2 Å². The summed E-state index contributed by atoms with van der Waals surface area (Å²) in [5, 5.41) is 0. The van der Waals surface area contributed by atoms with E-state index in [2.05, 4.69) is 17.8 Å². The maximum Gasteiger partial charge on any atom is 0.253 e. The number of imide groups is 1. The van der Waals surface area contributed by atoms with E-state index in [0.717, 1.165) is 30.8 Å². The summed E-state index contributed by atoms with van der Waals surface area (Å²) in [6, 6.07) is 0. The maximum absolute atomic E-state index is 11.2. The highest BCUT2D eigenvalue weighted by Crippen LogP contribution is 2.17. The molecule has 9 heteroatoms. The highest BCUT2D eigenvalue weighted by Gasteiger charge is 2.23. The number of nitrogens with zero attached hydrogens (tertiary/aromatic N) is 1. The van der Waals surface area contributed by atoms with Crippen molar-refractivity contribution in [1.82, 2.24) is 15.8 Å². The number of carbonyl (C=O) groups excluding carboxylic acids is 4. The van der Waals surface area contributed by atoms with Gasteiger partial charge in [0.2, 0.25) is 11.8 Å². The summed E-state index contributed by atoms with van der Waals surface area (Å²) in [6.07, 6.45) is 5.79. The van der Waals surface area contributed by atoms with Crippen molar-refractivity contribution in [2.24, 2.45) is 5.73 Å². The van der Waals surface area contributed by atoms with Gasteiger partial charge in [0.25, 0.3) is 11.8 Å². The first-order valence-corrected chi connectivity index (χ1v) is 10.0. The molecule has 0 spiro atoms. The molecule has 4 N–H and O–H groups in total. The number of ether oxygens (including phenoxy) is 1. The van der Waals surface area contributed by atoms with E-state index in [1.807, 2.05) is 27.7 Å². The minimum atomic E-state index is -0.525. The zero-order valence-electron chi connectivity index (χ0n) is 18.7. The van der Waals surface area contributed by atoms with E-state index in [1.54, 1.807) is 7.05 Å². The molecular formula is C20H38N4O5. The van der Waals surface area contributed by atoms with Gasteiger partial charge in [0.05, 0.1) is 5.60 Å². The lowest BCUT2D eigenvalue weighted by Crippen LogP contribution is -2.36. The fourth-order valence-electron chi connectivity index (χ4n) is 2.05. The van der Waals surface area contributed by atoms with Gasteiger partial charge in [-0.15, -0.1) is 0 Å². The fraction of sp³-hybridized carbons (Fsp3) is 0.700. The largest absolute Gasteiger partial charge is 0.376 e. The Hall–Kier alpha value is -2.26. The summed E-state index contributed by atoms with van der Waals surface area (Å²) in [5.74, 6) is -1.30. The number of hydrazine groups is 1. The third kappa shape index (κ3) is 15.4. The van der Waals surface area contributed by atoms with Gasteiger partial charge in [0.1, 0.15) is 0 Å². The molecule has 0 aromatic heterocycles. The van der Waals surface area contributed by atoms with Crippen molar-refractivity contribution < 1.29 is 23.9 Å². The smallest absolute Gasteiger partial charge is 0.253 e. The summed E-state index contributed by atoms with van der Waals surface area (Å²) in [6.45, 7) is 11.0. The second-order valence-corrected chi connectivity index (χ2v) is 6.64. The van der Waals surface area contributed by atoms with Crippen molar-refractivity contribution in [2.75, 3.05) is 20.2 Å². The van der Waals surface area contributed by atoms with Crippen molar-refractivity contribution in [3.63, 3.8) is 0 Å². The van der Waals surface area contributed by atoms with Crippen LogP contribution in [0.4, 0.5) is 0 Å². The third-order valence-corrected chi connectivity index (χ3v) is 3.69. The quantitative estimate of drug-likeness (QED) is 0.266. The summed E-state index contributed by atoms with van der Waals surface area (Å²) in [5.41, 5.74) is 9.80. The van der Waals surface area contributed by atoms with Crippen LogP contribution in [0.5, 0.6) is 0 Å². The van der Waals surface area contributed by atoms with Gasteiger partial charge in [-0.25, -0.2) is 5.43 Å². The van der Waals surface area contributed by atoms with Crippen LogP contribution >= 0.6 is 0 Å². The van der Waals surface area contributed by atoms with Crippen molar-refractivity contribution in [3.8, 4) is 0 Å². The van der Waals surface area contributed by atoms with Crippen LogP contribution in [0.2, 0.25) is 0 Å². The molecule has 0 radical (unpaired) electrons. The minimum absolute atomic E-state index is 0.00432. The molecule has 0 aromatic carbocycles. The molecule has 9 nitrogen and oxygen atoms in total. The molecule has 0 bridgehead atoms. The first kappa shape index (κ1) is 28.9. The monoisotopic (exact) mass is 414 g/mol. The van der Waals surface area contributed by atoms with Gasteiger partial charge < -0.3 is 10.5 Å². The van der Waals surface area contributed by atoms with E-state index in [1.165, 1.54) is 12.2 Å². The van der Waals surface area contributed by atoms with Crippen molar-refractivity contribution in [1.29, 1.82) is 0 Å². The Morgan fingerprint density at radius 2 is 1.69 bits per heavy atom. The molecule has 1 rings (SSSR count). The lowest BCUT2D eigenvalue weighted by Gasteiger charge is -2.25. The van der Waals surface area contributed by atoms with Crippen LogP contribution < -0.4 is 16.6 Å². The van der Waals surface area contributed by atoms with Gasteiger partial charge in [0.15, 0.2) is 0 Å². The van der Waals surface area contributed by atoms with Gasteiger partial charge in [-0.05, 0) is 26.7 Å². The van der Waals surface area contributed by atoms with Crippen LogP contribution in [0.1, 0.15) is 66.7 Å². The average molecular weight is 415 g/mol. The highest BCUT2D eigenvalue weighted by molar-refractivity contribution is 6.13. The number of primary amides is 1. The predicted octanol–water partition coefficient (Wildman–Crippen LogP) is 1.43. The molecule has 4 amide bonds. The van der Waals surface area contributed by atoms with Gasteiger partial charge in [-0.1, -0.05) is 27.2 Å². The number of amides is 4. The number of hydrogen-bond donors (Lipinski definition) is 3. The third-order valence-electron chi connectivity index (χ3n) is 3.69. The normalized spacial score (nSPS) is 12.7. The Labute approximate surface area is 174 Å². The first-order chi connectivity index (χ1) is 13.6. The van der Waals surface area contributed by atoms with Crippen molar-refractivity contribution >= 4 is 23.6 Å². The highest BCUT2D eigenvalue weighted by atomic mass is 16.5. The number of rotatable bonds is 11. The molecule has 29 heavy (non-hydrogen) atoms. The molecule has 0 saturated heterocycles. The molecular weight excluding hydrogens is 376 g/mol.